The number of carbonyl (C=O) groups is 1. The van der Waals surface area contributed by atoms with Crippen LogP contribution < -0.4 is 0 Å². The van der Waals surface area contributed by atoms with Crippen LogP contribution in [0.25, 0.3) is 0 Å². The van der Waals surface area contributed by atoms with Gasteiger partial charge < -0.3 is 9.52 Å². The molecule has 3 rings (SSSR count). The van der Waals surface area contributed by atoms with Crippen LogP contribution in [0.1, 0.15) is 43.4 Å². The maximum absolute atomic E-state index is 10.9. The summed E-state index contributed by atoms with van der Waals surface area (Å²) in [6.07, 6.45) is 6.57. The van der Waals surface area contributed by atoms with Crippen LogP contribution in [0.4, 0.5) is 0 Å². The third kappa shape index (κ3) is 2.54. The number of carboxylic acids is 1. The van der Waals surface area contributed by atoms with E-state index in [2.05, 4.69) is 11.8 Å². The summed E-state index contributed by atoms with van der Waals surface area (Å²) in [4.78, 5) is 13.4. The molecular weight excluding hydrogens is 242 g/mol. The maximum atomic E-state index is 10.9. The highest BCUT2D eigenvalue weighted by Crippen LogP contribution is 2.40. The second-order valence-electron chi connectivity index (χ2n) is 6.02. The first-order chi connectivity index (χ1) is 9.13. The molecule has 0 amide bonds. The van der Waals surface area contributed by atoms with Gasteiger partial charge in [0.25, 0.3) is 0 Å². The van der Waals surface area contributed by atoms with Crippen molar-refractivity contribution < 1.29 is 14.3 Å². The van der Waals surface area contributed by atoms with Crippen LogP contribution in [-0.2, 0) is 11.3 Å². The molecule has 4 heteroatoms. The summed E-state index contributed by atoms with van der Waals surface area (Å²) in [5.74, 6) is 0.775. The fourth-order valence-electron chi connectivity index (χ4n) is 3.79. The summed E-state index contributed by atoms with van der Waals surface area (Å²) in [5.41, 5.74) is 1.21. The lowest BCUT2D eigenvalue weighted by Gasteiger charge is -2.38. The van der Waals surface area contributed by atoms with Gasteiger partial charge in [0.05, 0.1) is 12.8 Å². The van der Waals surface area contributed by atoms with Gasteiger partial charge in [-0.2, -0.15) is 0 Å². The first kappa shape index (κ1) is 12.7. The molecule has 0 aliphatic carbocycles. The first-order valence-corrected chi connectivity index (χ1v) is 7.14. The smallest absolute Gasteiger partial charge is 0.303 e. The summed E-state index contributed by atoms with van der Waals surface area (Å²) in [7, 11) is 0. The lowest BCUT2D eigenvalue weighted by atomic mass is 9.88. The predicted octanol–water partition coefficient (Wildman–Crippen LogP) is 2.81. The average Bonchev–Trinajstić information content (AvgIpc) is 2.83. The maximum Gasteiger partial charge on any atom is 0.303 e. The van der Waals surface area contributed by atoms with Crippen LogP contribution in [0, 0.1) is 12.8 Å². The van der Waals surface area contributed by atoms with Crippen LogP contribution >= 0.6 is 0 Å². The number of hydrogen-bond acceptors (Lipinski definition) is 3. The van der Waals surface area contributed by atoms with E-state index < -0.39 is 5.97 Å². The number of fused-ring (bicyclic) bond motifs is 2. The molecule has 2 aliphatic heterocycles. The highest BCUT2D eigenvalue weighted by atomic mass is 16.4. The average molecular weight is 263 g/mol. The van der Waals surface area contributed by atoms with Gasteiger partial charge >= 0.3 is 5.97 Å². The van der Waals surface area contributed by atoms with Crippen LogP contribution in [-0.4, -0.2) is 28.1 Å². The lowest BCUT2D eigenvalue weighted by molar-refractivity contribution is -0.138. The van der Waals surface area contributed by atoms with E-state index in [0.29, 0.717) is 24.4 Å². The Labute approximate surface area is 113 Å². The van der Waals surface area contributed by atoms with E-state index in [0.717, 1.165) is 25.1 Å². The molecule has 2 saturated heterocycles. The van der Waals surface area contributed by atoms with Crippen molar-refractivity contribution >= 4 is 5.97 Å². The fourth-order valence-corrected chi connectivity index (χ4v) is 3.79. The Hall–Kier alpha value is -1.29. The summed E-state index contributed by atoms with van der Waals surface area (Å²) < 4.78 is 5.55. The largest absolute Gasteiger partial charge is 0.481 e. The number of hydrogen-bond donors (Lipinski definition) is 1. The van der Waals surface area contributed by atoms with Gasteiger partial charge in [-0.1, -0.05) is 0 Å². The second kappa shape index (κ2) is 5.00. The van der Waals surface area contributed by atoms with Crippen molar-refractivity contribution in [3.63, 3.8) is 0 Å². The predicted molar refractivity (Wildman–Crippen MR) is 70.8 cm³/mol. The number of aryl methyl sites for hydroxylation is 1. The molecule has 0 saturated carbocycles. The highest BCUT2D eigenvalue weighted by Gasteiger charge is 2.41. The molecule has 2 atom stereocenters. The number of aliphatic carboxylic acids is 1. The van der Waals surface area contributed by atoms with E-state index in [9.17, 15) is 4.79 Å². The number of rotatable bonds is 4. The highest BCUT2D eigenvalue weighted by molar-refractivity contribution is 5.67. The standard InChI is InChI=1S/C15H21NO3/c1-10-4-5-19-14(10)9-16-12-2-3-13(16)7-11(6-12)8-15(17)18/h4-5,11-13H,2-3,6-9H2,1H3,(H,17,18). The summed E-state index contributed by atoms with van der Waals surface area (Å²) in [6.45, 7) is 2.96. The van der Waals surface area contributed by atoms with Crippen LogP contribution in [0.3, 0.4) is 0 Å². The monoisotopic (exact) mass is 263 g/mol. The zero-order valence-corrected chi connectivity index (χ0v) is 11.3. The van der Waals surface area contributed by atoms with Gasteiger partial charge in [-0.25, -0.2) is 0 Å². The van der Waals surface area contributed by atoms with E-state index in [4.69, 9.17) is 9.52 Å². The van der Waals surface area contributed by atoms with Crippen LogP contribution in [0.15, 0.2) is 16.7 Å². The zero-order chi connectivity index (χ0) is 13.4. The van der Waals surface area contributed by atoms with Gasteiger partial charge in [0, 0.05) is 18.5 Å². The molecule has 19 heavy (non-hydrogen) atoms. The summed E-state index contributed by atoms with van der Waals surface area (Å²) in [6, 6.07) is 3.11. The third-order valence-electron chi connectivity index (χ3n) is 4.74. The molecule has 1 aromatic heterocycles. The van der Waals surface area contributed by atoms with Gasteiger partial charge in [0.1, 0.15) is 5.76 Å². The number of carboxylic acid groups (broad SMARTS) is 1. The minimum atomic E-state index is -0.653. The second-order valence-corrected chi connectivity index (χ2v) is 6.02. The summed E-state index contributed by atoms with van der Waals surface area (Å²) >= 11 is 0. The lowest BCUT2D eigenvalue weighted by Crippen LogP contribution is -2.42. The SMILES string of the molecule is Cc1ccoc1CN1C2CCC1CC(CC(=O)O)C2. The van der Waals surface area contributed by atoms with Crippen molar-refractivity contribution in [1.29, 1.82) is 0 Å². The zero-order valence-electron chi connectivity index (χ0n) is 11.3. The Kier molecular flexibility index (Phi) is 3.35. The topological polar surface area (TPSA) is 53.7 Å². The van der Waals surface area contributed by atoms with Crippen molar-refractivity contribution in [3.8, 4) is 0 Å². The van der Waals surface area contributed by atoms with Crippen molar-refractivity contribution in [3.05, 3.63) is 23.7 Å². The molecule has 2 bridgehead atoms. The molecule has 0 spiro atoms. The molecule has 4 nitrogen and oxygen atoms in total. The summed E-state index contributed by atoms with van der Waals surface area (Å²) in [5, 5.41) is 8.94. The molecule has 2 fully saturated rings. The van der Waals surface area contributed by atoms with E-state index in [1.54, 1.807) is 6.26 Å². The molecule has 2 aliphatic rings. The van der Waals surface area contributed by atoms with Crippen LogP contribution in [0.5, 0.6) is 0 Å². The number of furan rings is 1. The minimum absolute atomic E-state index is 0.334. The molecule has 3 heterocycles. The Balaban J connectivity index is 1.66. The van der Waals surface area contributed by atoms with Crippen LogP contribution in [0.2, 0.25) is 0 Å². The molecule has 1 aromatic rings. The van der Waals surface area contributed by atoms with Gasteiger partial charge in [0.15, 0.2) is 0 Å². The van der Waals surface area contributed by atoms with E-state index in [1.165, 1.54) is 18.4 Å². The molecular formula is C15H21NO3. The fraction of sp³-hybridized carbons (Fsp3) is 0.667. The Morgan fingerprint density at radius 3 is 2.63 bits per heavy atom. The Morgan fingerprint density at radius 2 is 2.11 bits per heavy atom. The van der Waals surface area contributed by atoms with E-state index in [-0.39, 0.29) is 0 Å². The van der Waals surface area contributed by atoms with Crippen molar-refractivity contribution in [2.45, 2.75) is 57.7 Å². The molecule has 2 unspecified atom stereocenters. The molecule has 104 valence electrons. The van der Waals surface area contributed by atoms with Gasteiger partial charge in [-0.05, 0) is 50.2 Å². The number of piperidine rings is 1. The van der Waals surface area contributed by atoms with Gasteiger partial charge in [0.2, 0.25) is 0 Å². The molecule has 1 N–H and O–H groups in total. The third-order valence-corrected chi connectivity index (χ3v) is 4.74. The van der Waals surface area contributed by atoms with E-state index in [1.807, 2.05) is 6.07 Å². The normalized spacial score (nSPS) is 30.7. The quantitative estimate of drug-likeness (QED) is 0.907. The van der Waals surface area contributed by atoms with Gasteiger partial charge in [-0.15, -0.1) is 0 Å². The Morgan fingerprint density at radius 1 is 1.42 bits per heavy atom. The molecule has 0 aromatic carbocycles. The van der Waals surface area contributed by atoms with E-state index >= 15 is 0 Å². The van der Waals surface area contributed by atoms with Crippen molar-refractivity contribution in [1.82, 2.24) is 4.90 Å². The number of nitrogens with zero attached hydrogens (tertiary/aromatic N) is 1. The first-order valence-electron chi connectivity index (χ1n) is 7.14. The van der Waals surface area contributed by atoms with Crippen molar-refractivity contribution in [2.24, 2.45) is 5.92 Å². The molecule has 0 radical (unpaired) electrons. The minimum Gasteiger partial charge on any atom is -0.481 e. The van der Waals surface area contributed by atoms with Crippen molar-refractivity contribution in [2.75, 3.05) is 0 Å². The Bertz CT molecular complexity index is 454. The van der Waals surface area contributed by atoms with Gasteiger partial charge in [-0.3, -0.25) is 9.69 Å².